The molecule has 0 unspecified atom stereocenters. The third kappa shape index (κ3) is 3.11. The molecule has 0 saturated carbocycles. The molecule has 0 aliphatic rings. The van der Waals surface area contributed by atoms with Gasteiger partial charge in [0, 0.05) is 18.3 Å². The Hall–Kier alpha value is -3.14. The fraction of sp³-hybridized carbons (Fsp3) is 0.143. The lowest BCUT2D eigenvalue weighted by Crippen LogP contribution is -2.20. The molecule has 4 heteroatoms. The summed E-state index contributed by atoms with van der Waals surface area (Å²) in [6.45, 7) is 3.63. The van der Waals surface area contributed by atoms with Crippen molar-refractivity contribution in [1.82, 2.24) is 9.36 Å². The van der Waals surface area contributed by atoms with E-state index in [2.05, 4.69) is 0 Å². The van der Waals surface area contributed by atoms with E-state index in [0.717, 1.165) is 11.4 Å². The molecule has 0 fully saturated rings. The van der Waals surface area contributed by atoms with Crippen LogP contribution in [0.25, 0.3) is 11.8 Å². The highest BCUT2D eigenvalue weighted by Crippen LogP contribution is 2.15. The second-order valence-corrected chi connectivity index (χ2v) is 6.00. The van der Waals surface area contributed by atoms with Crippen LogP contribution in [-0.4, -0.2) is 15.1 Å². The molecule has 3 aromatic rings. The number of carbonyl (C=O) groups excluding carboxylic acids is 1. The minimum atomic E-state index is -0.133. The van der Waals surface area contributed by atoms with E-state index < -0.39 is 0 Å². The molecule has 0 bridgehead atoms. The van der Waals surface area contributed by atoms with Crippen molar-refractivity contribution < 1.29 is 4.79 Å². The van der Waals surface area contributed by atoms with Crippen LogP contribution in [0.5, 0.6) is 0 Å². The summed E-state index contributed by atoms with van der Waals surface area (Å²) in [6.07, 6.45) is 1.69. The molecule has 126 valence electrons. The number of ketones is 1. The van der Waals surface area contributed by atoms with Crippen LogP contribution in [0.4, 0.5) is 0 Å². The predicted molar refractivity (Wildman–Crippen MR) is 100 cm³/mol. The van der Waals surface area contributed by atoms with Gasteiger partial charge >= 0.3 is 0 Å². The molecule has 1 aromatic heterocycles. The van der Waals surface area contributed by atoms with Crippen LogP contribution in [-0.2, 0) is 7.05 Å². The number of benzene rings is 2. The molecule has 0 atom stereocenters. The largest absolute Gasteiger partial charge is 0.289 e. The fourth-order valence-electron chi connectivity index (χ4n) is 2.85. The number of hydrogen-bond acceptors (Lipinski definition) is 2. The predicted octanol–water partition coefficient (Wildman–Crippen LogP) is 3.77. The number of para-hydroxylation sites is 1. The van der Waals surface area contributed by atoms with Crippen molar-refractivity contribution >= 4 is 11.9 Å². The van der Waals surface area contributed by atoms with Crippen molar-refractivity contribution in [3.05, 3.63) is 93.4 Å². The third-order valence-corrected chi connectivity index (χ3v) is 4.35. The fourth-order valence-corrected chi connectivity index (χ4v) is 2.85. The van der Waals surface area contributed by atoms with Gasteiger partial charge in [-0.05, 0) is 37.6 Å². The summed E-state index contributed by atoms with van der Waals surface area (Å²) in [4.78, 5) is 25.4. The van der Waals surface area contributed by atoms with Crippen LogP contribution in [0.15, 0.2) is 71.0 Å². The number of Topliss-reactive ketones (excluding diaryl/α,β-unsaturated/α-hetero) is 1. The number of hydrogen-bond donors (Lipinski definition) is 0. The maximum absolute atomic E-state index is 12.9. The van der Waals surface area contributed by atoms with Gasteiger partial charge in [0.25, 0.3) is 5.56 Å². The lowest BCUT2D eigenvalue weighted by Gasteiger charge is -2.07. The molecule has 0 aliphatic carbocycles. The maximum Gasteiger partial charge on any atom is 0.278 e. The molecule has 0 saturated heterocycles. The summed E-state index contributed by atoms with van der Waals surface area (Å²) in [6, 6.07) is 18.6. The Balaban J connectivity index is 2.07. The van der Waals surface area contributed by atoms with Crippen LogP contribution in [0.3, 0.4) is 0 Å². The Bertz CT molecular complexity index is 994. The van der Waals surface area contributed by atoms with Crippen molar-refractivity contribution in [1.29, 1.82) is 0 Å². The van der Waals surface area contributed by atoms with E-state index in [-0.39, 0.29) is 11.3 Å². The first-order valence-electron chi connectivity index (χ1n) is 8.12. The minimum absolute atomic E-state index is 0.0745. The zero-order valence-electron chi connectivity index (χ0n) is 14.6. The maximum atomic E-state index is 12.9. The standard InChI is InChI=1S/C21H20N2O2/c1-15(20(24)17-10-6-4-7-11-17)14-19-16(2)22(3)23(21(19)25)18-12-8-5-9-13-18/h4-14H,1-3H3/b15-14+. The summed E-state index contributed by atoms with van der Waals surface area (Å²) in [7, 11) is 1.84. The highest BCUT2D eigenvalue weighted by atomic mass is 16.1. The van der Waals surface area contributed by atoms with Crippen molar-refractivity contribution in [2.45, 2.75) is 13.8 Å². The molecule has 0 N–H and O–H groups in total. The molecule has 0 aliphatic heterocycles. The Morgan fingerprint density at radius 3 is 2.12 bits per heavy atom. The van der Waals surface area contributed by atoms with Crippen LogP contribution in [0.2, 0.25) is 0 Å². The molecule has 25 heavy (non-hydrogen) atoms. The number of allylic oxidation sites excluding steroid dienone is 1. The van der Waals surface area contributed by atoms with E-state index in [4.69, 9.17) is 0 Å². The lowest BCUT2D eigenvalue weighted by atomic mass is 10.0. The molecular formula is C21H20N2O2. The SMILES string of the molecule is C/C(=C\c1c(C)n(C)n(-c2ccccc2)c1=O)C(=O)c1ccccc1. The molecule has 1 heterocycles. The van der Waals surface area contributed by atoms with Gasteiger partial charge in [0.05, 0.1) is 11.3 Å². The van der Waals surface area contributed by atoms with Crippen molar-refractivity contribution in [2.75, 3.05) is 0 Å². The first kappa shape index (κ1) is 16.7. The monoisotopic (exact) mass is 332 g/mol. The molecule has 0 amide bonds. The van der Waals surface area contributed by atoms with Crippen LogP contribution in [0, 0.1) is 6.92 Å². The normalized spacial score (nSPS) is 11.6. The number of carbonyl (C=O) groups is 1. The molecule has 3 rings (SSSR count). The van der Waals surface area contributed by atoms with Crippen molar-refractivity contribution in [2.24, 2.45) is 7.05 Å². The van der Waals surface area contributed by atoms with E-state index in [1.54, 1.807) is 29.8 Å². The minimum Gasteiger partial charge on any atom is -0.289 e. The summed E-state index contributed by atoms with van der Waals surface area (Å²) in [5.74, 6) is -0.0745. The van der Waals surface area contributed by atoms with Gasteiger partial charge in [-0.3, -0.25) is 14.3 Å². The Morgan fingerprint density at radius 1 is 0.960 bits per heavy atom. The molecule has 4 nitrogen and oxygen atoms in total. The van der Waals surface area contributed by atoms with Gasteiger partial charge in [-0.1, -0.05) is 48.5 Å². The number of nitrogens with zero attached hydrogens (tertiary/aromatic N) is 2. The molecule has 0 spiro atoms. The Labute approximate surface area is 146 Å². The Morgan fingerprint density at radius 2 is 1.52 bits per heavy atom. The second-order valence-electron chi connectivity index (χ2n) is 6.00. The first-order valence-corrected chi connectivity index (χ1v) is 8.12. The smallest absolute Gasteiger partial charge is 0.278 e. The number of aromatic nitrogens is 2. The lowest BCUT2D eigenvalue weighted by molar-refractivity contribution is 0.103. The second kappa shape index (κ2) is 6.77. The summed E-state index contributed by atoms with van der Waals surface area (Å²) in [5, 5.41) is 0. The van der Waals surface area contributed by atoms with E-state index in [1.165, 1.54) is 0 Å². The van der Waals surface area contributed by atoms with Crippen molar-refractivity contribution in [3.8, 4) is 5.69 Å². The number of rotatable bonds is 4. The van der Waals surface area contributed by atoms with Gasteiger partial charge in [0.15, 0.2) is 5.78 Å². The van der Waals surface area contributed by atoms with Gasteiger partial charge in [-0.25, -0.2) is 4.68 Å². The van der Waals surface area contributed by atoms with Crippen molar-refractivity contribution in [3.63, 3.8) is 0 Å². The van der Waals surface area contributed by atoms with Gasteiger partial charge < -0.3 is 0 Å². The van der Waals surface area contributed by atoms with Crippen LogP contribution < -0.4 is 5.56 Å². The van der Waals surface area contributed by atoms with Gasteiger partial charge in [0.2, 0.25) is 0 Å². The average molecular weight is 332 g/mol. The van der Waals surface area contributed by atoms with Crippen LogP contribution in [0.1, 0.15) is 28.5 Å². The van der Waals surface area contributed by atoms with E-state index in [0.29, 0.717) is 16.7 Å². The quantitative estimate of drug-likeness (QED) is 0.539. The highest BCUT2D eigenvalue weighted by molar-refractivity contribution is 6.10. The summed E-state index contributed by atoms with van der Waals surface area (Å²) < 4.78 is 3.42. The highest BCUT2D eigenvalue weighted by Gasteiger charge is 2.16. The van der Waals surface area contributed by atoms with E-state index >= 15 is 0 Å². The zero-order chi connectivity index (χ0) is 18.0. The molecule has 0 radical (unpaired) electrons. The molecular weight excluding hydrogens is 312 g/mol. The summed E-state index contributed by atoms with van der Waals surface area (Å²) in [5.41, 5.74) is 3.17. The van der Waals surface area contributed by atoms with Gasteiger partial charge in [0.1, 0.15) is 0 Å². The van der Waals surface area contributed by atoms with Gasteiger partial charge in [-0.15, -0.1) is 0 Å². The average Bonchev–Trinajstić information content (AvgIpc) is 2.86. The zero-order valence-corrected chi connectivity index (χ0v) is 14.6. The van der Waals surface area contributed by atoms with Gasteiger partial charge in [-0.2, -0.15) is 0 Å². The Kier molecular flexibility index (Phi) is 4.52. The van der Waals surface area contributed by atoms with E-state index in [9.17, 15) is 9.59 Å². The molecule has 2 aromatic carbocycles. The topological polar surface area (TPSA) is 44.0 Å². The first-order chi connectivity index (χ1) is 12.0. The van der Waals surface area contributed by atoms with E-state index in [1.807, 2.05) is 67.2 Å². The summed E-state index contributed by atoms with van der Waals surface area (Å²) >= 11 is 0. The van der Waals surface area contributed by atoms with Crippen LogP contribution >= 0.6 is 0 Å². The third-order valence-electron chi connectivity index (χ3n) is 4.35.